The number of hydrogen-bond acceptors (Lipinski definition) is 2. The maximum absolute atomic E-state index is 6.34. The normalized spacial score (nSPS) is 10.5. The molecule has 0 fully saturated rings. The van der Waals surface area contributed by atoms with E-state index in [1.165, 1.54) is 0 Å². The summed E-state index contributed by atoms with van der Waals surface area (Å²) in [5, 5.41) is 0.706. The highest BCUT2D eigenvalue weighted by atomic mass is 35.5. The largest absolute Gasteiger partial charge is 0.488 e. The van der Waals surface area contributed by atoms with Crippen LogP contribution in [0, 0.1) is 0 Å². The fourth-order valence-electron chi connectivity index (χ4n) is 2.45. The van der Waals surface area contributed by atoms with Gasteiger partial charge in [-0.25, -0.2) is 0 Å². The van der Waals surface area contributed by atoms with Gasteiger partial charge in [0.05, 0.1) is 0 Å². The van der Waals surface area contributed by atoms with Gasteiger partial charge in [-0.3, -0.25) is 0 Å². The van der Waals surface area contributed by atoms with Crippen molar-refractivity contribution in [3.63, 3.8) is 0 Å². The van der Waals surface area contributed by atoms with Gasteiger partial charge in [-0.15, -0.1) is 0 Å². The standard InChI is InChI=1S/C20H18ClNO/c21-19-9-5-4-8-17(19)18-11-10-16(13-22)12-20(18)23-14-15-6-2-1-3-7-15/h1-12H,13-14,22H2. The molecule has 0 aliphatic rings. The summed E-state index contributed by atoms with van der Waals surface area (Å²) in [6.07, 6.45) is 0. The summed E-state index contributed by atoms with van der Waals surface area (Å²) in [5.41, 5.74) is 9.85. The van der Waals surface area contributed by atoms with Gasteiger partial charge in [0.15, 0.2) is 0 Å². The van der Waals surface area contributed by atoms with E-state index < -0.39 is 0 Å². The summed E-state index contributed by atoms with van der Waals surface area (Å²) in [6, 6.07) is 23.9. The van der Waals surface area contributed by atoms with Gasteiger partial charge in [0.25, 0.3) is 0 Å². The van der Waals surface area contributed by atoms with Gasteiger partial charge < -0.3 is 10.5 Å². The van der Waals surface area contributed by atoms with Gasteiger partial charge >= 0.3 is 0 Å². The molecule has 0 saturated heterocycles. The third kappa shape index (κ3) is 3.73. The second-order valence-electron chi connectivity index (χ2n) is 5.29. The van der Waals surface area contributed by atoms with E-state index in [1.807, 2.05) is 72.8 Å². The molecule has 0 heterocycles. The van der Waals surface area contributed by atoms with Crippen LogP contribution in [0.15, 0.2) is 72.8 Å². The zero-order valence-corrected chi connectivity index (χ0v) is 13.5. The quantitative estimate of drug-likeness (QED) is 0.713. The van der Waals surface area contributed by atoms with E-state index >= 15 is 0 Å². The highest BCUT2D eigenvalue weighted by molar-refractivity contribution is 6.33. The average Bonchev–Trinajstić information content (AvgIpc) is 2.61. The highest BCUT2D eigenvalue weighted by Crippen LogP contribution is 2.35. The van der Waals surface area contributed by atoms with Crippen LogP contribution in [0.2, 0.25) is 5.02 Å². The first-order chi connectivity index (χ1) is 11.3. The van der Waals surface area contributed by atoms with Crippen molar-refractivity contribution in [1.29, 1.82) is 0 Å². The number of hydrogen-bond donors (Lipinski definition) is 1. The summed E-state index contributed by atoms with van der Waals surface area (Å²) in [7, 11) is 0. The van der Waals surface area contributed by atoms with Crippen LogP contribution in [0.1, 0.15) is 11.1 Å². The van der Waals surface area contributed by atoms with Gasteiger partial charge in [0.2, 0.25) is 0 Å². The predicted molar refractivity (Wildman–Crippen MR) is 95.6 cm³/mol. The van der Waals surface area contributed by atoms with E-state index in [9.17, 15) is 0 Å². The van der Waals surface area contributed by atoms with Crippen LogP contribution >= 0.6 is 11.6 Å². The van der Waals surface area contributed by atoms with Gasteiger partial charge in [-0.1, -0.05) is 72.3 Å². The zero-order chi connectivity index (χ0) is 16.1. The van der Waals surface area contributed by atoms with Gasteiger partial charge in [0, 0.05) is 22.7 Å². The second kappa shape index (κ2) is 7.32. The summed E-state index contributed by atoms with van der Waals surface area (Å²) < 4.78 is 6.06. The van der Waals surface area contributed by atoms with Crippen molar-refractivity contribution in [2.45, 2.75) is 13.2 Å². The van der Waals surface area contributed by atoms with Gasteiger partial charge in [-0.2, -0.15) is 0 Å². The number of nitrogens with two attached hydrogens (primary N) is 1. The van der Waals surface area contributed by atoms with E-state index in [1.54, 1.807) is 0 Å². The van der Waals surface area contributed by atoms with Crippen LogP contribution in [0.4, 0.5) is 0 Å². The molecule has 116 valence electrons. The lowest BCUT2D eigenvalue weighted by molar-refractivity contribution is 0.307. The minimum atomic E-state index is 0.477. The molecule has 0 bridgehead atoms. The Bertz CT molecular complexity index is 787. The molecule has 0 aliphatic heterocycles. The monoisotopic (exact) mass is 323 g/mol. The maximum atomic E-state index is 6.34. The van der Waals surface area contributed by atoms with Crippen molar-refractivity contribution < 1.29 is 4.74 Å². The molecule has 3 aromatic rings. The van der Waals surface area contributed by atoms with E-state index in [-0.39, 0.29) is 0 Å². The number of rotatable bonds is 5. The van der Waals surface area contributed by atoms with Crippen molar-refractivity contribution in [2.75, 3.05) is 0 Å². The molecular weight excluding hydrogens is 306 g/mol. The first-order valence-electron chi connectivity index (χ1n) is 7.52. The van der Waals surface area contributed by atoms with Crippen molar-refractivity contribution >= 4 is 11.6 Å². The van der Waals surface area contributed by atoms with E-state index in [4.69, 9.17) is 22.1 Å². The average molecular weight is 324 g/mol. The van der Waals surface area contributed by atoms with E-state index in [2.05, 4.69) is 0 Å². The van der Waals surface area contributed by atoms with Crippen LogP contribution in [0.5, 0.6) is 5.75 Å². The summed E-state index contributed by atoms with van der Waals surface area (Å²) >= 11 is 6.34. The molecule has 23 heavy (non-hydrogen) atoms. The van der Waals surface area contributed by atoms with Crippen molar-refractivity contribution in [3.05, 3.63) is 88.9 Å². The molecule has 3 rings (SSSR count). The maximum Gasteiger partial charge on any atom is 0.128 e. The fourth-order valence-corrected chi connectivity index (χ4v) is 2.69. The van der Waals surface area contributed by atoms with E-state index in [0.29, 0.717) is 18.2 Å². The Kier molecular flexibility index (Phi) is 4.96. The Morgan fingerprint density at radius 1 is 0.783 bits per heavy atom. The first kappa shape index (κ1) is 15.6. The third-order valence-electron chi connectivity index (χ3n) is 3.68. The third-order valence-corrected chi connectivity index (χ3v) is 4.01. The molecule has 0 aliphatic carbocycles. The lowest BCUT2D eigenvalue weighted by Gasteiger charge is -2.14. The zero-order valence-electron chi connectivity index (χ0n) is 12.7. The molecule has 2 N–H and O–H groups in total. The minimum absolute atomic E-state index is 0.477. The summed E-state index contributed by atoms with van der Waals surface area (Å²) in [5.74, 6) is 0.796. The molecule has 0 unspecified atom stereocenters. The minimum Gasteiger partial charge on any atom is -0.488 e. The first-order valence-corrected chi connectivity index (χ1v) is 7.90. The summed E-state index contributed by atoms with van der Waals surface area (Å²) in [4.78, 5) is 0. The Morgan fingerprint density at radius 2 is 1.52 bits per heavy atom. The Balaban J connectivity index is 1.95. The van der Waals surface area contributed by atoms with Crippen LogP contribution in [0.3, 0.4) is 0 Å². The second-order valence-corrected chi connectivity index (χ2v) is 5.70. The molecule has 0 saturated carbocycles. The molecule has 0 atom stereocenters. The smallest absolute Gasteiger partial charge is 0.128 e. The Morgan fingerprint density at radius 3 is 2.26 bits per heavy atom. The predicted octanol–water partition coefficient (Wildman–Crippen LogP) is 5.04. The molecule has 0 radical (unpaired) electrons. The lowest BCUT2D eigenvalue weighted by Crippen LogP contribution is -2.01. The van der Waals surface area contributed by atoms with Crippen LogP contribution in [-0.2, 0) is 13.2 Å². The topological polar surface area (TPSA) is 35.2 Å². The van der Waals surface area contributed by atoms with E-state index in [0.717, 1.165) is 28.0 Å². The molecular formula is C20H18ClNO. The van der Waals surface area contributed by atoms with Crippen LogP contribution < -0.4 is 10.5 Å². The number of ether oxygens (including phenoxy) is 1. The Labute approximate surface area is 141 Å². The van der Waals surface area contributed by atoms with Gasteiger partial charge in [-0.05, 0) is 23.3 Å². The van der Waals surface area contributed by atoms with Crippen molar-refractivity contribution in [2.24, 2.45) is 5.73 Å². The molecule has 2 nitrogen and oxygen atoms in total. The highest BCUT2D eigenvalue weighted by Gasteiger charge is 2.10. The van der Waals surface area contributed by atoms with Crippen LogP contribution in [-0.4, -0.2) is 0 Å². The molecule has 3 heteroatoms. The fraction of sp³-hybridized carbons (Fsp3) is 0.100. The molecule has 0 spiro atoms. The summed E-state index contributed by atoms with van der Waals surface area (Å²) in [6.45, 7) is 0.983. The number of benzene rings is 3. The van der Waals surface area contributed by atoms with Gasteiger partial charge in [0.1, 0.15) is 12.4 Å². The number of halogens is 1. The van der Waals surface area contributed by atoms with Crippen LogP contribution in [0.25, 0.3) is 11.1 Å². The SMILES string of the molecule is NCc1ccc(-c2ccccc2Cl)c(OCc2ccccc2)c1. The molecule has 0 aromatic heterocycles. The van der Waals surface area contributed by atoms with Crippen molar-refractivity contribution in [3.8, 4) is 16.9 Å². The lowest BCUT2D eigenvalue weighted by atomic mass is 10.0. The Hall–Kier alpha value is -2.29. The molecule has 0 amide bonds. The molecule has 3 aromatic carbocycles. The van der Waals surface area contributed by atoms with Crippen molar-refractivity contribution in [1.82, 2.24) is 0 Å².